The number of likely N-dealkylation sites (tertiary alicyclic amines) is 1. The van der Waals surface area contributed by atoms with Gasteiger partial charge in [-0.2, -0.15) is 0 Å². The van der Waals surface area contributed by atoms with E-state index in [9.17, 15) is 14.0 Å². The van der Waals surface area contributed by atoms with Crippen LogP contribution in [0.25, 0.3) is 0 Å². The Morgan fingerprint density at radius 2 is 2.00 bits per heavy atom. The average Bonchev–Trinajstić information content (AvgIpc) is 2.86. The summed E-state index contributed by atoms with van der Waals surface area (Å²) >= 11 is 0. The predicted molar refractivity (Wildman–Crippen MR) is 85.1 cm³/mol. The normalized spacial score (nSPS) is 22.4. The molecule has 24 heavy (non-hydrogen) atoms. The fourth-order valence-electron chi connectivity index (χ4n) is 3.65. The SMILES string of the molecule is O=C1OC2(CCCN(C(=O)c3cccc(F)c3)C2)c2ccccc21. The molecule has 4 rings (SSSR count). The Labute approximate surface area is 138 Å². The summed E-state index contributed by atoms with van der Waals surface area (Å²) in [6.07, 6.45) is 1.41. The van der Waals surface area contributed by atoms with E-state index < -0.39 is 11.4 Å². The van der Waals surface area contributed by atoms with Crippen LogP contribution in [0.15, 0.2) is 48.5 Å². The molecule has 1 amide bonds. The number of halogens is 1. The van der Waals surface area contributed by atoms with Gasteiger partial charge >= 0.3 is 5.97 Å². The lowest BCUT2D eigenvalue weighted by atomic mass is 9.85. The Bertz CT molecular complexity index is 835. The predicted octanol–water partition coefficient (Wildman–Crippen LogP) is 3.13. The lowest BCUT2D eigenvalue weighted by molar-refractivity contribution is -0.0442. The minimum Gasteiger partial charge on any atom is -0.449 e. The fraction of sp³-hybridized carbons (Fsp3) is 0.263. The zero-order valence-electron chi connectivity index (χ0n) is 13.0. The Kier molecular flexibility index (Phi) is 3.37. The van der Waals surface area contributed by atoms with Crippen molar-refractivity contribution in [2.24, 2.45) is 0 Å². The van der Waals surface area contributed by atoms with Gasteiger partial charge in [0.25, 0.3) is 5.91 Å². The maximum atomic E-state index is 13.4. The summed E-state index contributed by atoms with van der Waals surface area (Å²) < 4.78 is 19.1. The molecule has 2 aliphatic rings. The smallest absolute Gasteiger partial charge is 0.339 e. The molecule has 1 spiro atoms. The van der Waals surface area contributed by atoms with Gasteiger partial charge in [0.05, 0.1) is 12.1 Å². The number of rotatable bonds is 1. The molecule has 2 aromatic rings. The number of benzene rings is 2. The first kappa shape index (κ1) is 14.9. The number of carbonyl (C=O) groups excluding carboxylic acids is 2. The Hall–Kier alpha value is -2.69. The van der Waals surface area contributed by atoms with Crippen molar-refractivity contribution in [3.8, 4) is 0 Å². The van der Waals surface area contributed by atoms with E-state index in [1.165, 1.54) is 18.2 Å². The molecule has 1 fully saturated rings. The summed E-state index contributed by atoms with van der Waals surface area (Å²) in [5.41, 5.74) is 0.934. The third kappa shape index (κ3) is 2.28. The van der Waals surface area contributed by atoms with Gasteiger partial charge in [0, 0.05) is 17.7 Å². The summed E-state index contributed by atoms with van der Waals surface area (Å²) in [4.78, 5) is 26.5. The maximum absolute atomic E-state index is 13.4. The third-order valence-corrected chi connectivity index (χ3v) is 4.74. The van der Waals surface area contributed by atoms with Crippen LogP contribution in [-0.2, 0) is 10.3 Å². The highest BCUT2D eigenvalue weighted by molar-refractivity contribution is 5.96. The van der Waals surface area contributed by atoms with Crippen LogP contribution in [0.2, 0.25) is 0 Å². The highest BCUT2D eigenvalue weighted by Crippen LogP contribution is 2.42. The van der Waals surface area contributed by atoms with Gasteiger partial charge in [-0.3, -0.25) is 4.79 Å². The van der Waals surface area contributed by atoms with E-state index in [-0.39, 0.29) is 11.9 Å². The molecule has 2 aromatic carbocycles. The lowest BCUT2D eigenvalue weighted by Gasteiger charge is -2.39. The molecule has 0 saturated carbocycles. The van der Waals surface area contributed by atoms with Gasteiger partial charge in [-0.1, -0.05) is 24.3 Å². The first-order chi connectivity index (χ1) is 11.6. The molecule has 1 unspecified atom stereocenters. The van der Waals surface area contributed by atoms with E-state index in [1.54, 1.807) is 23.1 Å². The monoisotopic (exact) mass is 325 g/mol. The molecule has 4 nitrogen and oxygen atoms in total. The highest BCUT2D eigenvalue weighted by atomic mass is 19.1. The van der Waals surface area contributed by atoms with Gasteiger partial charge in [-0.25, -0.2) is 9.18 Å². The Morgan fingerprint density at radius 1 is 1.17 bits per heavy atom. The third-order valence-electron chi connectivity index (χ3n) is 4.74. The molecule has 5 heteroatoms. The number of carbonyl (C=O) groups is 2. The van der Waals surface area contributed by atoms with Crippen molar-refractivity contribution < 1.29 is 18.7 Å². The fourth-order valence-corrected chi connectivity index (χ4v) is 3.65. The molecule has 0 aliphatic carbocycles. The molecular weight excluding hydrogens is 309 g/mol. The van der Waals surface area contributed by atoms with Crippen LogP contribution in [0.5, 0.6) is 0 Å². The van der Waals surface area contributed by atoms with Crippen LogP contribution >= 0.6 is 0 Å². The summed E-state index contributed by atoms with van der Waals surface area (Å²) in [6, 6.07) is 13.0. The van der Waals surface area contributed by atoms with Crippen molar-refractivity contribution >= 4 is 11.9 Å². The van der Waals surface area contributed by atoms with E-state index >= 15 is 0 Å². The van der Waals surface area contributed by atoms with Crippen LogP contribution in [0.3, 0.4) is 0 Å². The zero-order valence-corrected chi connectivity index (χ0v) is 13.0. The van der Waals surface area contributed by atoms with E-state index in [1.807, 2.05) is 12.1 Å². The molecule has 0 N–H and O–H groups in total. The molecule has 0 radical (unpaired) electrons. The van der Waals surface area contributed by atoms with Gasteiger partial charge in [-0.15, -0.1) is 0 Å². The molecule has 1 saturated heterocycles. The second-order valence-corrected chi connectivity index (χ2v) is 6.27. The van der Waals surface area contributed by atoms with Crippen LogP contribution in [0, 0.1) is 5.82 Å². The number of hydrogen-bond donors (Lipinski definition) is 0. The second-order valence-electron chi connectivity index (χ2n) is 6.27. The molecule has 0 bridgehead atoms. The molecule has 122 valence electrons. The van der Waals surface area contributed by atoms with Gasteiger partial charge < -0.3 is 9.64 Å². The van der Waals surface area contributed by atoms with Gasteiger partial charge in [0.1, 0.15) is 5.82 Å². The Morgan fingerprint density at radius 3 is 2.83 bits per heavy atom. The topological polar surface area (TPSA) is 46.6 Å². The molecule has 1 atom stereocenters. The summed E-state index contributed by atoms with van der Waals surface area (Å²) in [6.45, 7) is 0.863. The minimum atomic E-state index is -0.783. The van der Waals surface area contributed by atoms with Gasteiger partial charge in [-0.05, 0) is 37.1 Å². The van der Waals surface area contributed by atoms with Crippen LogP contribution in [-0.4, -0.2) is 29.9 Å². The molecule has 2 aliphatic heterocycles. The van der Waals surface area contributed by atoms with Gasteiger partial charge in [0.2, 0.25) is 0 Å². The van der Waals surface area contributed by atoms with E-state index in [0.29, 0.717) is 30.6 Å². The Balaban J connectivity index is 1.65. The van der Waals surface area contributed by atoms with Crippen molar-refractivity contribution in [3.63, 3.8) is 0 Å². The first-order valence-electron chi connectivity index (χ1n) is 7.97. The number of esters is 1. The second kappa shape index (κ2) is 5.44. The van der Waals surface area contributed by atoms with Crippen molar-refractivity contribution in [2.45, 2.75) is 18.4 Å². The first-order valence-corrected chi connectivity index (χ1v) is 7.97. The van der Waals surface area contributed by atoms with E-state index in [4.69, 9.17) is 4.74 Å². The number of amides is 1. The van der Waals surface area contributed by atoms with E-state index in [0.717, 1.165) is 12.0 Å². The molecule has 0 aromatic heterocycles. The summed E-state index contributed by atoms with van der Waals surface area (Å²) in [5.74, 6) is -1.02. The van der Waals surface area contributed by atoms with Gasteiger partial charge in [0.15, 0.2) is 5.60 Å². The number of piperidine rings is 1. The number of ether oxygens (including phenoxy) is 1. The van der Waals surface area contributed by atoms with Crippen molar-refractivity contribution in [1.29, 1.82) is 0 Å². The standard InChI is InChI=1S/C19H16FNO3/c20-14-6-3-5-13(11-14)17(22)21-10-4-9-19(12-21)16-8-2-1-7-15(16)18(23)24-19/h1-3,5-8,11H,4,9-10,12H2. The average molecular weight is 325 g/mol. The maximum Gasteiger partial charge on any atom is 0.339 e. The van der Waals surface area contributed by atoms with Crippen LogP contribution in [0.4, 0.5) is 4.39 Å². The number of nitrogens with zero attached hydrogens (tertiary/aromatic N) is 1. The van der Waals surface area contributed by atoms with Crippen molar-refractivity contribution in [1.82, 2.24) is 4.90 Å². The number of fused-ring (bicyclic) bond motifs is 2. The van der Waals surface area contributed by atoms with Crippen LogP contribution in [0.1, 0.15) is 39.1 Å². The van der Waals surface area contributed by atoms with Crippen molar-refractivity contribution in [3.05, 3.63) is 71.0 Å². The highest BCUT2D eigenvalue weighted by Gasteiger charge is 2.48. The van der Waals surface area contributed by atoms with Crippen molar-refractivity contribution in [2.75, 3.05) is 13.1 Å². The largest absolute Gasteiger partial charge is 0.449 e. The summed E-state index contributed by atoms with van der Waals surface area (Å²) in [7, 11) is 0. The van der Waals surface area contributed by atoms with E-state index in [2.05, 4.69) is 0 Å². The summed E-state index contributed by atoms with van der Waals surface area (Å²) in [5, 5.41) is 0. The molecular formula is C19H16FNO3. The number of hydrogen-bond acceptors (Lipinski definition) is 3. The zero-order chi connectivity index (χ0) is 16.7. The minimum absolute atomic E-state index is 0.242. The lowest BCUT2D eigenvalue weighted by Crippen LogP contribution is -2.48. The van der Waals surface area contributed by atoms with Crippen LogP contribution < -0.4 is 0 Å². The molecule has 2 heterocycles. The quantitative estimate of drug-likeness (QED) is 0.757.